The zero-order valence-electron chi connectivity index (χ0n) is 60.7. The molecular formula is C74H135O24P. The summed E-state index contributed by atoms with van der Waals surface area (Å²) in [5, 5.41) is 110. The highest BCUT2D eigenvalue weighted by Crippen LogP contribution is 2.49. The lowest BCUT2D eigenvalue weighted by atomic mass is 9.84. The van der Waals surface area contributed by atoms with Gasteiger partial charge in [-0.2, -0.15) is 0 Å². The van der Waals surface area contributed by atoms with Gasteiger partial charge < -0.3 is 89.1 Å². The van der Waals surface area contributed by atoms with Crippen LogP contribution in [0.5, 0.6) is 0 Å². The number of aliphatic hydroxyl groups excluding tert-OH is 10. The monoisotopic (exact) mass is 1440 g/mol. The van der Waals surface area contributed by atoms with Gasteiger partial charge in [0.05, 0.1) is 13.2 Å². The highest BCUT2D eigenvalue weighted by Gasteiger charge is 2.58. The lowest BCUT2D eigenvalue weighted by Crippen LogP contribution is -2.69. The summed E-state index contributed by atoms with van der Waals surface area (Å²) in [5.74, 6) is -1.55. The molecule has 1 saturated carbocycles. The van der Waals surface area contributed by atoms with Gasteiger partial charge in [0, 0.05) is 18.9 Å². The average molecular weight is 1440 g/mol. The Morgan fingerprint density at radius 2 is 0.828 bits per heavy atom. The smallest absolute Gasteiger partial charge is 0.463 e. The molecule has 24 nitrogen and oxygen atoms in total. The summed E-state index contributed by atoms with van der Waals surface area (Å²) < 4.78 is 64.9. The molecule has 0 aromatic carbocycles. The lowest BCUT2D eigenvalue weighted by Gasteiger charge is -2.49. The first-order valence-electron chi connectivity index (χ1n) is 38.6. The average Bonchev–Trinajstić information content (AvgIpc) is 0.764. The highest BCUT2D eigenvalue weighted by molar-refractivity contribution is 7.47. The number of phosphoric acid groups is 1. The summed E-state index contributed by atoms with van der Waals surface area (Å²) in [6.07, 6.45) is 14.6. The van der Waals surface area contributed by atoms with Gasteiger partial charge in [-0.25, -0.2) is 9.36 Å². The van der Waals surface area contributed by atoms with E-state index in [0.29, 0.717) is 18.8 Å². The van der Waals surface area contributed by atoms with Crippen LogP contribution in [0.2, 0.25) is 0 Å². The molecule has 2 heterocycles. The number of carbonyl (C=O) groups excluding carboxylic acids is 3. The topological polar surface area (TPSA) is 374 Å². The van der Waals surface area contributed by atoms with Crippen molar-refractivity contribution in [2.75, 3.05) is 26.4 Å². The molecule has 11 N–H and O–H groups in total. The van der Waals surface area contributed by atoms with Crippen LogP contribution < -0.4 is 0 Å². The van der Waals surface area contributed by atoms with Crippen molar-refractivity contribution in [2.24, 2.45) is 5.92 Å². The predicted octanol–water partition coefficient (Wildman–Crippen LogP) is 10.8. The first-order chi connectivity index (χ1) is 47.7. The second-order valence-corrected chi connectivity index (χ2v) is 29.5. The number of carbonyl (C=O) groups is 3. The minimum atomic E-state index is -5.72. The van der Waals surface area contributed by atoms with Crippen LogP contribution in [0.25, 0.3) is 0 Å². The van der Waals surface area contributed by atoms with Gasteiger partial charge in [-0.3, -0.25) is 18.6 Å². The molecule has 0 aromatic heterocycles. The minimum absolute atomic E-state index is 0.0263. The Bertz CT molecular complexity index is 2160. The SMILES string of the molecule is CCCCCCCCCCCCC/C=C/C=C/C(=O)OC(COC(=O)CCCCCCCCC(C)CCCCCCCC)COP(=O)(O)OC1C(OC2OC(CO)C(O)C(O)C2O)C(O)C(O)C(O)C1OC1OC(COC(=O)CCCCCCCCCCCCCCC)C(O)C(O)C1O. The van der Waals surface area contributed by atoms with Crippen molar-refractivity contribution in [3.8, 4) is 0 Å². The molecule has 19 atom stereocenters. The number of ether oxygens (including phenoxy) is 7. The zero-order valence-corrected chi connectivity index (χ0v) is 61.6. The van der Waals surface area contributed by atoms with E-state index in [1.54, 1.807) is 6.08 Å². The van der Waals surface area contributed by atoms with Gasteiger partial charge in [0.1, 0.15) is 98.7 Å². The van der Waals surface area contributed by atoms with Crippen LogP contribution in [0.3, 0.4) is 0 Å². The maximum absolute atomic E-state index is 14.3. The molecule has 0 aromatic rings. The van der Waals surface area contributed by atoms with E-state index in [1.807, 2.05) is 6.08 Å². The van der Waals surface area contributed by atoms with Crippen molar-refractivity contribution in [1.29, 1.82) is 0 Å². The molecule has 580 valence electrons. The number of aliphatic hydroxyl groups is 10. The third kappa shape index (κ3) is 38.3. The van der Waals surface area contributed by atoms with E-state index in [1.165, 1.54) is 154 Å². The van der Waals surface area contributed by atoms with Crippen molar-refractivity contribution in [3.63, 3.8) is 0 Å². The number of phosphoric ester groups is 1. The molecule has 3 aliphatic rings. The van der Waals surface area contributed by atoms with Gasteiger partial charge in [0.25, 0.3) is 0 Å². The van der Waals surface area contributed by atoms with Gasteiger partial charge in [-0.05, 0) is 31.6 Å². The Morgan fingerprint density at radius 1 is 0.444 bits per heavy atom. The number of rotatable bonds is 59. The molecule has 19 unspecified atom stereocenters. The summed E-state index contributed by atoms with van der Waals surface area (Å²) >= 11 is 0. The fourth-order valence-corrected chi connectivity index (χ4v) is 13.8. The Hall–Kier alpha value is -2.56. The van der Waals surface area contributed by atoms with Gasteiger partial charge in [0.2, 0.25) is 0 Å². The van der Waals surface area contributed by atoms with E-state index in [0.717, 1.165) is 96.0 Å². The summed E-state index contributed by atoms with van der Waals surface area (Å²) in [5.41, 5.74) is 0. The second-order valence-electron chi connectivity index (χ2n) is 28.1. The quantitative estimate of drug-likeness (QED) is 0.00673. The van der Waals surface area contributed by atoms with Crippen molar-refractivity contribution >= 4 is 25.7 Å². The standard InChI is InChI=1S/C74H135O24P/c1-5-8-11-14-17-19-21-23-24-26-28-30-32-39-44-49-60(78)93-55(51-90-58(76)47-42-38-34-33-36-41-46-54(4)45-40-35-16-13-10-7-3)52-92-99(88,89)98-72-70(96-73-68(86)63(81)61(79)56(50-75)94-73)66(84)65(83)67(85)71(72)97-74-69(87)64(82)62(80)57(95-74)53-91-59(77)48-43-37-31-29-27-25-22-20-18-15-12-9-6-2/h32,39,44,49,54-57,61-75,79-87H,5-31,33-38,40-43,45-48,50-53H2,1-4H3,(H,88,89)/b39-32+,49-44+. The third-order valence-electron chi connectivity index (χ3n) is 19.2. The van der Waals surface area contributed by atoms with Crippen LogP contribution in [0, 0.1) is 5.92 Å². The molecule has 2 aliphatic heterocycles. The van der Waals surface area contributed by atoms with E-state index in [9.17, 15) is 74.9 Å². The zero-order chi connectivity index (χ0) is 72.6. The molecule has 0 spiro atoms. The van der Waals surface area contributed by atoms with E-state index in [4.69, 9.17) is 42.2 Å². The molecule has 3 fully saturated rings. The van der Waals surface area contributed by atoms with Crippen LogP contribution in [-0.2, 0) is 61.2 Å². The fourth-order valence-electron chi connectivity index (χ4n) is 12.9. The molecule has 25 heteroatoms. The molecule has 0 amide bonds. The van der Waals surface area contributed by atoms with E-state index < -0.39 is 156 Å². The maximum atomic E-state index is 14.3. The molecule has 1 aliphatic carbocycles. The van der Waals surface area contributed by atoms with Crippen molar-refractivity contribution in [1.82, 2.24) is 0 Å². The van der Waals surface area contributed by atoms with E-state index >= 15 is 0 Å². The summed E-state index contributed by atoms with van der Waals surface area (Å²) in [6, 6.07) is 0. The van der Waals surface area contributed by atoms with E-state index in [-0.39, 0.29) is 12.8 Å². The lowest BCUT2D eigenvalue weighted by molar-refractivity contribution is -0.360. The second kappa shape index (κ2) is 55.0. The van der Waals surface area contributed by atoms with Crippen molar-refractivity contribution in [3.05, 3.63) is 24.3 Å². The Morgan fingerprint density at radius 3 is 1.27 bits per heavy atom. The third-order valence-corrected chi connectivity index (χ3v) is 20.2. The Labute approximate surface area is 592 Å². The largest absolute Gasteiger partial charge is 0.472 e. The van der Waals surface area contributed by atoms with Gasteiger partial charge >= 0.3 is 25.7 Å². The Kier molecular flexibility index (Phi) is 50.3. The summed E-state index contributed by atoms with van der Waals surface area (Å²) in [7, 11) is -5.72. The minimum Gasteiger partial charge on any atom is -0.463 e. The first kappa shape index (κ1) is 90.7. The number of esters is 3. The summed E-state index contributed by atoms with van der Waals surface area (Å²) in [6.45, 7) is 5.67. The van der Waals surface area contributed by atoms with E-state index in [2.05, 4.69) is 27.7 Å². The van der Waals surface area contributed by atoms with Crippen LogP contribution in [-0.4, -0.2) is 204 Å². The number of hydrogen-bond donors (Lipinski definition) is 11. The van der Waals surface area contributed by atoms with Gasteiger partial charge in [0.15, 0.2) is 18.7 Å². The van der Waals surface area contributed by atoms with Crippen LogP contribution in [0.15, 0.2) is 24.3 Å². The molecular weight excluding hydrogens is 1300 g/mol. The van der Waals surface area contributed by atoms with Crippen LogP contribution in [0.1, 0.15) is 291 Å². The molecule has 0 radical (unpaired) electrons. The first-order valence-corrected chi connectivity index (χ1v) is 40.0. The summed E-state index contributed by atoms with van der Waals surface area (Å²) in [4.78, 5) is 50.9. The maximum Gasteiger partial charge on any atom is 0.472 e. The number of unbranched alkanes of at least 4 members (excludes halogenated alkanes) is 33. The molecule has 0 bridgehead atoms. The van der Waals surface area contributed by atoms with Crippen molar-refractivity contribution in [2.45, 2.75) is 395 Å². The predicted molar refractivity (Wildman–Crippen MR) is 374 cm³/mol. The Balaban J connectivity index is 1.76. The van der Waals surface area contributed by atoms with Crippen LogP contribution >= 0.6 is 7.82 Å². The number of allylic oxidation sites excluding steroid dienone is 3. The highest BCUT2D eigenvalue weighted by atomic mass is 31.2. The molecule has 2 saturated heterocycles. The van der Waals surface area contributed by atoms with Gasteiger partial charge in [-0.1, -0.05) is 271 Å². The molecule has 99 heavy (non-hydrogen) atoms. The fraction of sp³-hybridized carbons (Fsp3) is 0.905. The van der Waals surface area contributed by atoms with Crippen LogP contribution in [0.4, 0.5) is 0 Å². The molecule has 3 rings (SSSR count). The van der Waals surface area contributed by atoms with Crippen molar-refractivity contribution < 1.29 is 117 Å². The normalized spacial score (nSPS) is 27.9. The number of hydrogen-bond acceptors (Lipinski definition) is 23. The van der Waals surface area contributed by atoms with Gasteiger partial charge in [-0.15, -0.1) is 0 Å².